The molecule has 0 fully saturated rings. The number of hydrogen-bond acceptors (Lipinski definition) is 7. The first-order chi connectivity index (χ1) is 8.16. The highest BCUT2D eigenvalue weighted by Crippen LogP contribution is 2.14. The van der Waals surface area contributed by atoms with Crippen molar-refractivity contribution in [2.45, 2.75) is 13.5 Å². The Morgan fingerprint density at radius 2 is 2.12 bits per heavy atom. The molecule has 0 radical (unpaired) electrons. The predicted octanol–water partition coefficient (Wildman–Crippen LogP) is 1.76. The third-order valence-electron chi connectivity index (χ3n) is 2.10. The van der Waals surface area contributed by atoms with E-state index in [4.69, 9.17) is 0 Å². The lowest BCUT2D eigenvalue weighted by Gasteiger charge is -2.02. The smallest absolute Gasteiger partial charge is 0.305 e. The third-order valence-corrected chi connectivity index (χ3v) is 3.04. The normalized spacial score (nSPS) is 10.2. The van der Waals surface area contributed by atoms with E-state index < -0.39 is 4.92 Å². The zero-order valence-corrected chi connectivity index (χ0v) is 9.77. The molecule has 17 heavy (non-hydrogen) atoms. The number of thiazole rings is 1. The number of nitrogens with one attached hydrogen (secondary N) is 1. The highest BCUT2D eigenvalue weighted by atomic mass is 32.1. The number of anilines is 1. The third kappa shape index (κ3) is 2.72. The summed E-state index contributed by atoms with van der Waals surface area (Å²) in [6.07, 6.45) is 2.35. The van der Waals surface area contributed by atoms with Gasteiger partial charge >= 0.3 is 5.69 Å². The Bertz CT molecular complexity index is 524. The Balaban J connectivity index is 2.00. The van der Waals surface area contributed by atoms with Crippen LogP contribution >= 0.6 is 11.3 Å². The Hall–Kier alpha value is -2.09. The minimum absolute atomic E-state index is 0.121. The molecule has 7 nitrogen and oxygen atoms in total. The molecule has 2 aromatic rings. The quantitative estimate of drug-likeness (QED) is 0.657. The first-order valence-electron chi connectivity index (χ1n) is 4.76. The average Bonchev–Trinajstić information content (AvgIpc) is 2.73. The molecule has 0 aliphatic carbocycles. The highest BCUT2D eigenvalue weighted by Gasteiger charge is 2.07. The van der Waals surface area contributed by atoms with Gasteiger partial charge in [0.2, 0.25) is 5.95 Å². The lowest BCUT2D eigenvalue weighted by atomic mass is 10.4. The van der Waals surface area contributed by atoms with Crippen LogP contribution in [-0.4, -0.2) is 19.9 Å². The van der Waals surface area contributed by atoms with Crippen molar-refractivity contribution in [3.8, 4) is 0 Å². The maximum Gasteiger partial charge on any atom is 0.305 e. The topological polar surface area (TPSA) is 93.8 Å². The molecule has 0 unspecified atom stereocenters. The fourth-order valence-electron chi connectivity index (χ4n) is 1.16. The first-order valence-corrected chi connectivity index (χ1v) is 5.64. The summed E-state index contributed by atoms with van der Waals surface area (Å²) in [4.78, 5) is 22.8. The average molecular weight is 251 g/mol. The van der Waals surface area contributed by atoms with Gasteiger partial charge in [-0.05, 0) is 6.92 Å². The summed E-state index contributed by atoms with van der Waals surface area (Å²) < 4.78 is 0. The van der Waals surface area contributed by atoms with Gasteiger partial charge in [-0.2, -0.15) is 0 Å². The second-order valence-corrected chi connectivity index (χ2v) is 4.18. The summed E-state index contributed by atoms with van der Waals surface area (Å²) >= 11 is 1.54. The van der Waals surface area contributed by atoms with E-state index in [-0.39, 0.29) is 5.69 Å². The largest absolute Gasteiger partial charge is 0.349 e. The Morgan fingerprint density at radius 3 is 2.65 bits per heavy atom. The standard InChI is InChI=1S/C9H9N5O2S/c1-6-8(17-5-13-6)4-12-9-10-2-7(3-11-9)14(15)16/h2-3,5H,4H2,1H3,(H,10,11,12). The summed E-state index contributed by atoms with van der Waals surface area (Å²) in [7, 11) is 0. The molecule has 0 aliphatic rings. The van der Waals surface area contributed by atoms with Crippen LogP contribution in [0.15, 0.2) is 17.9 Å². The van der Waals surface area contributed by atoms with Crippen molar-refractivity contribution in [3.63, 3.8) is 0 Å². The van der Waals surface area contributed by atoms with Crippen LogP contribution in [0.25, 0.3) is 0 Å². The Kier molecular flexibility index (Phi) is 3.24. The van der Waals surface area contributed by atoms with Crippen molar-refractivity contribution in [2.75, 3.05) is 5.32 Å². The van der Waals surface area contributed by atoms with E-state index in [1.807, 2.05) is 6.92 Å². The molecular weight excluding hydrogens is 242 g/mol. The molecule has 8 heteroatoms. The van der Waals surface area contributed by atoms with Gasteiger partial charge in [-0.3, -0.25) is 10.1 Å². The predicted molar refractivity (Wildman–Crippen MR) is 62.9 cm³/mol. The lowest BCUT2D eigenvalue weighted by Crippen LogP contribution is -2.03. The van der Waals surface area contributed by atoms with Crippen LogP contribution in [0.2, 0.25) is 0 Å². The molecule has 0 aliphatic heterocycles. The van der Waals surface area contributed by atoms with Crippen molar-refractivity contribution < 1.29 is 4.92 Å². The fraction of sp³-hybridized carbons (Fsp3) is 0.222. The van der Waals surface area contributed by atoms with Crippen LogP contribution in [0.1, 0.15) is 10.6 Å². The van der Waals surface area contributed by atoms with Gasteiger partial charge in [-0.25, -0.2) is 15.0 Å². The van der Waals surface area contributed by atoms with Crippen LogP contribution < -0.4 is 5.32 Å². The van der Waals surface area contributed by atoms with Crippen molar-refractivity contribution in [3.05, 3.63) is 38.6 Å². The van der Waals surface area contributed by atoms with E-state index in [0.29, 0.717) is 12.5 Å². The van der Waals surface area contributed by atoms with E-state index in [0.717, 1.165) is 10.6 Å². The maximum absolute atomic E-state index is 10.4. The van der Waals surface area contributed by atoms with E-state index in [2.05, 4.69) is 20.3 Å². The monoisotopic (exact) mass is 251 g/mol. The molecule has 0 saturated heterocycles. The first kappa shape index (κ1) is 11.4. The Morgan fingerprint density at radius 1 is 1.41 bits per heavy atom. The van der Waals surface area contributed by atoms with Gasteiger partial charge < -0.3 is 5.32 Å². The molecule has 88 valence electrons. The van der Waals surface area contributed by atoms with Gasteiger partial charge in [0.05, 0.1) is 22.7 Å². The van der Waals surface area contributed by atoms with Crippen LogP contribution in [0.5, 0.6) is 0 Å². The van der Waals surface area contributed by atoms with Crippen LogP contribution in [0.4, 0.5) is 11.6 Å². The summed E-state index contributed by atoms with van der Waals surface area (Å²) in [6.45, 7) is 2.48. The van der Waals surface area contributed by atoms with Gasteiger partial charge in [-0.15, -0.1) is 11.3 Å². The van der Waals surface area contributed by atoms with Gasteiger partial charge in [0, 0.05) is 4.88 Å². The van der Waals surface area contributed by atoms with Crippen molar-refractivity contribution >= 4 is 23.0 Å². The van der Waals surface area contributed by atoms with Crippen molar-refractivity contribution in [2.24, 2.45) is 0 Å². The number of nitrogens with zero attached hydrogens (tertiary/aromatic N) is 4. The van der Waals surface area contributed by atoms with Crippen LogP contribution in [0, 0.1) is 17.0 Å². The number of rotatable bonds is 4. The molecule has 0 spiro atoms. The number of aromatic nitrogens is 3. The second kappa shape index (κ2) is 4.83. The molecular formula is C9H9N5O2S. The highest BCUT2D eigenvalue weighted by molar-refractivity contribution is 7.09. The molecule has 0 aromatic carbocycles. The molecule has 0 amide bonds. The minimum Gasteiger partial charge on any atom is -0.349 e. The molecule has 0 saturated carbocycles. The summed E-state index contributed by atoms with van der Waals surface area (Å²) in [6, 6.07) is 0. The molecule has 1 N–H and O–H groups in total. The van der Waals surface area contributed by atoms with Crippen LogP contribution in [-0.2, 0) is 6.54 Å². The van der Waals surface area contributed by atoms with Gasteiger partial charge in [0.25, 0.3) is 0 Å². The fourth-order valence-corrected chi connectivity index (χ4v) is 1.88. The van der Waals surface area contributed by atoms with Gasteiger partial charge in [-0.1, -0.05) is 0 Å². The summed E-state index contributed by atoms with van der Waals surface area (Å²) in [5, 5.41) is 13.4. The molecule has 2 aromatic heterocycles. The minimum atomic E-state index is -0.531. The SMILES string of the molecule is Cc1ncsc1CNc1ncc([N+](=O)[O-])cn1. The molecule has 2 rings (SSSR count). The van der Waals surface area contributed by atoms with E-state index >= 15 is 0 Å². The van der Waals surface area contributed by atoms with Crippen LogP contribution in [0.3, 0.4) is 0 Å². The zero-order valence-electron chi connectivity index (χ0n) is 8.95. The summed E-state index contributed by atoms with van der Waals surface area (Å²) in [5.74, 6) is 0.364. The zero-order chi connectivity index (χ0) is 12.3. The molecule has 0 bridgehead atoms. The van der Waals surface area contributed by atoms with Gasteiger partial charge in [0.1, 0.15) is 12.4 Å². The van der Waals surface area contributed by atoms with Gasteiger partial charge in [0.15, 0.2) is 0 Å². The number of hydrogen-bond donors (Lipinski definition) is 1. The molecule has 2 heterocycles. The Labute approximate surface area is 101 Å². The maximum atomic E-state index is 10.4. The van der Waals surface area contributed by atoms with E-state index in [9.17, 15) is 10.1 Å². The summed E-state index contributed by atoms with van der Waals surface area (Å²) in [5.41, 5.74) is 2.61. The number of nitro groups is 1. The van der Waals surface area contributed by atoms with Crippen molar-refractivity contribution in [1.29, 1.82) is 0 Å². The number of aryl methyl sites for hydroxylation is 1. The molecule has 0 atom stereocenters. The lowest BCUT2D eigenvalue weighted by molar-refractivity contribution is -0.385. The van der Waals surface area contributed by atoms with Crippen molar-refractivity contribution in [1.82, 2.24) is 15.0 Å². The van der Waals surface area contributed by atoms with E-state index in [1.54, 1.807) is 5.51 Å². The van der Waals surface area contributed by atoms with E-state index in [1.165, 1.54) is 23.7 Å². The second-order valence-electron chi connectivity index (χ2n) is 3.24.